The van der Waals surface area contributed by atoms with Crippen molar-refractivity contribution in [1.82, 2.24) is 14.9 Å². The normalized spacial score (nSPS) is 10.7. The lowest BCUT2D eigenvalue weighted by atomic mass is 10.1. The maximum absolute atomic E-state index is 12.8. The molecule has 0 radical (unpaired) electrons. The summed E-state index contributed by atoms with van der Waals surface area (Å²) in [5, 5.41) is 8.43. The lowest BCUT2D eigenvalue weighted by Crippen LogP contribution is -2.14. The van der Waals surface area contributed by atoms with E-state index in [4.69, 9.17) is 5.84 Å². The van der Waals surface area contributed by atoms with Crippen LogP contribution in [0.25, 0.3) is 0 Å². The van der Waals surface area contributed by atoms with Gasteiger partial charge < -0.3 is 5.84 Å². The molecule has 20 heavy (non-hydrogen) atoms. The number of nitrogen functional groups attached to an aromatic ring is 1. The van der Waals surface area contributed by atoms with E-state index in [0.717, 1.165) is 12.8 Å². The summed E-state index contributed by atoms with van der Waals surface area (Å²) in [6.45, 7) is 2.03. The predicted octanol–water partition coefficient (Wildman–Crippen LogP) is 2.06. The van der Waals surface area contributed by atoms with Crippen LogP contribution in [0, 0.1) is 5.82 Å². The van der Waals surface area contributed by atoms with Crippen molar-refractivity contribution in [3.05, 3.63) is 41.5 Å². The summed E-state index contributed by atoms with van der Waals surface area (Å²) in [7, 11) is 0. The molecule has 1 aromatic carbocycles. The van der Waals surface area contributed by atoms with Crippen molar-refractivity contribution in [3.8, 4) is 0 Å². The Morgan fingerprint density at radius 3 is 2.70 bits per heavy atom. The molecule has 0 aliphatic heterocycles. The molecular formula is C13H15FN4OS. The van der Waals surface area contributed by atoms with E-state index in [-0.39, 0.29) is 17.4 Å². The maximum atomic E-state index is 12.8. The number of benzene rings is 1. The van der Waals surface area contributed by atoms with E-state index in [1.54, 1.807) is 0 Å². The Hall–Kier alpha value is -1.89. The Balaban J connectivity index is 1.98. The number of halogens is 1. The minimum atomic E-state index is -0.361. The highest BCUT2D eigenvalue weighted by molar-refractivity contribution is 7.99. The number of carbonyl (C=O) groups is 1. The smallest absolute Gasteiger partial charge is 0.210 e. The zero-order valence-electron chi connectivity index (χ0n) is 11.0. The molecule has 7 heteroatoms. The number of carbonyl (C=O) groups excluding carboxylic acids is 1. The number of ketones is 1. The summed E-state index contributed by atoms with van der Waals surface area (Å²) >= 11 is 1.22. The van der Waals surface area contributed by atoms with Crippen molar-refractivity contribution in [3.63, 3.8) is 0 Å². The molecule has 0 aliphatic rings. The van der Waals surface area contributed by atoms with Gasteiger partial charge in [-0.25, -0.2) is 9.07 Å². The van der Waals surface area contributed by atoms with E-state index in [0.29, 0.717) is 16.5 Å². The third-order valence-electron chi connectivity index (χ3n) is 2.71. The van der Waals surface area contributed by atoms with E-state index >= 15 is 0 Å². The molecular weight excluding hydrogens is 279 g/mol. The quantitative estimate of drug-likeness (QED) is 0.501. The fourth-order valence-corrected chi connectivity index (χ4v) is 2.42. The second-order valence-corrected chi connectivity index (χ2v) is 5.18. The molecule has 0 saturated carbocycles. The van der Waals surface area contributed by atoms with Gasteiger partial charge >= 0.3 is 0 Å². The van der Waals surface area contributed by atoms with Crippen LogP contribution in [-0.4, -0.2) is 26.4 Å². The van der Waals surface area contributed by atoms with Crippen LogP contribution < -0.4 is 5.84 Å². The summed E-state index contributed by atoms with van der Waals surface area (Å²) < 4.78 is 14.2. The van der Waals surface area contributed by atoms with Gasteiger partial charge in [0, 0.05) is 12.0 Å². The van der Waals surface area contributed by atoms with Crippen molar-refractivity contribution in [2.75, 3.05) is 11.6 Å². The fourth-order valence-electron chi connectivity index (χ4n) is 1.65. The first-order valence-corrected chi connectivity index (χ1v) is 7.21. The highest BCUT2D eigenvalue weighted by atomic mass is 32.2. The van der Waals surface area contributed by atoms with Crippen LogP contribution in [0.5, 0.6) is 0 Å². The van der Waals surface area contributed by atoms with Crippen LogP contribution in [0.4, 0.5) is 4.39 Å². The zero-order chi connectivity index (χ0) is 14.5. The van der Waals surface area contributed by atoms with Crippen molar-refractivity contribution >= 4 is 17.5 Å². The van der Waals surface area contributed by atoms with Crippen molar-refractivity contribution in [2.45, 2.75) is 24.9 Å². The Morgan fingerprint density at radius 2 is 2.05 bits per heavy atom. The third-order valence-corrected chi connectivity index (χ3v) is 3.65. The van der Waals surface area contributed by atoms with E-state index in [2.05, 4.69) is 10.2 Å². The number of hydrogen-bond acceptors (Lipinski definition) is 5. The number of thioether (sulfide) groups is 1. The van der Waals surface area contributed by atoms with Gasteiger partial charge in [-0.1, -0.05) is 18.7 Å². The van der Waals surface area contributed by atoms with Crippen molar-refractivity contribution in [2.24, 2.45) is 0 Å². The van der Waals surface area contributed by atoms with E-state index in [1.165, 1.54) is 40.7 Å². The molecule has 2 rings (SSSR count). The molecule has 2 N–H and O–H groups in total. The van der Waals surface area contributed by atoms with Gasteiger partial charge in [-0.05, 0) is 30.7 Å². The predicted molar refractivity (Wildman–Crippen MR) is 75.6 cm³/mol. The number of aromatic nitrogens is 3. The molecule has 1 heterocycles. The molecule has 0 fully saturated rings. The number of rotatable bonds is 6. The molecule has 0 bridgehead atoms. The van der Waals surface area contributed by atoms with Crippen molar-refractivity contribution in [1.29, 1.82) is 0 Å². The summed E-state index contributed by atoms with van der Waals surface area (Å²) in [5.74, 6) is 6.27. The molecule has 5 nitrogen and oxygen atoms in total. The van der Waals surface area contributed by atoms with Crippen LogP contribution in [-0.2, 0) is 6.42 Å². The third kappa shape index (κ3) is 3.36. The van der Waals surface area contributed by atoms with Gasteiger partial charge in [0.05, 0.1) is 5.75 Å². The van der Waals surface area contributed by atoms with Gasteiger partial charge in [0.1, 0.15) is 5.82 Å². The highest BCUT2D eigenvalue weighted by Crippen LogP contribution is 2.17. The van der Waals surface area contributed by atoms with Gasteiger partial charge in [-0.3, -0.25) is 4.79 Å². The molecule has 0 unspecified atom stereocenters. The molecule has 0 aliphatic carbocycles. The fraction of sp³-hybridized carbons (Fsp3) is 0.308. The molecule has 0 amide bonds. The standard InChI is InChI=1S/C13H15FN4OS/c1-2-3-12-16-17-13(18(12)15)20-8-11(19)9-4-6-10(14)7-5-9/h4-7H,2-3,8,15H2,1H3. The van der Waals surface area contributed by atoms with E-state index in [1.807, 2.05) is 6.92 Å². The molecule has 0 atom stereocenters. The first-order valence-electron chi connectivity index (χ1n) is 6.22. The minimum Gasteiger partial charge on any atom is -0.336 e. The zero-order valence-corrected chi connectivity index (χ0v) is 11.9. The topological polar surface area (TPSA) is 73.8 Å². The van der Waals surface area contributed by atoms with Gasteiger partial charge in [0.15, 0.2) is 11.6 Å². The number of hydrogen-bond donors (Lipinski definition) is 1. The first kappa shape index (κ1) is 14.5. The Morgan fingerprint density at radius 1 is 1.35 bits per heavy atom. The largest absolute Gasteiger partial charge is 0.336 e. The van der Waals surface area contributed by atoms with Crippen LogP contribution in [0.3, 0.4) is 0 Å². The lowest BCUT2D eigenvalue weighted by molar-refractivity contribution is 0.102. The summed E-state index contributed by atoms with van der Waals surface area (Å²) in [6.07, 6.45) is 1.67. The van der Waals surface area contributed by atoms with E-state index < -0.39 is 0 Å². The molecule has 2 aromatic rings. The number of nitrogens with zero attached hydrogens (tertiary/aromatic N) is 3. The van der Waals surface area contributed by atoms with Crippen LogP contribution in [0.15, 0.2) is 29.4 Å². The van der Waals surface area contributed by atoms with E-state index in [9.17, 15) is 9.18 Å². The maximum Gasteiger partial charge on any atom is 0.210 e. The minimum absolute atomic E-state index is 0.102. The molecule has 1 aromatic heterocycles. The summed E-state index contributed by atoms with van der Waals surface area (Å²) in [4.78, 5) is 11.9. The second kappa shape index (κ2) is 6.51. The van der Waals surface area contributed by atoms with Crippen LogP contribution in [0.2, 0.25) is 0 Å². The monoisotopic (exact) mass is 294 g/mol. The summed E-state index contributed by atoms with van der Waals surface area (Å²) in [6, 6.07) is 5.47. The average Bonchev–Trinajstić information content (AvgIpc) is 2.79. The van der Waals surface area contributed by atoms with Crippen LogP contribution >= 0.6 is 11.8 Å². The lowest BCUT2D eigenvalue weighted by Gasteiger charge is -2.03. The number of aryl methyl sites for hydroxylation is 1. The average molecular weight is 294 g/mol. The molecule has 0 saturated heterocycles. The molecule has 106 valence electrons. The van der Waals surface area contributed by atoms with Gasteiger partial charge in [0.2, 0.25) is 5.16 Å². The summed E-state index contributed by atoms with van der Waals surface area (Å²) in [5.41, 5.74) is 0.468. The SMILES string of the molecule is CCCc1nnc(SCC(=O)c2ccc(F)cc2)n1N. The second-order valence-electron chi connectivity index (χ2n) is 4.24. The van der Waals surface area contributed by atoms with Gasteiger partial charge in [-0.15, -0.1) is 10.2 Å². The van der Waals surface area contributed by atoms with Gasteiger partial charge in [-0.2, -0.15) is 0 Å². The first-order chi connectivity index (χ1) is 9.61. The Kier molecular flexibility index (Phi) is 4.73. The highest BCUT2D eigenvalue weighted by Gasteiger charge is 2.12. The number of nitrogens with two attached hydrogens (primary N) is 1. The number of Topliss-reactive ketones (excluding diaryl/α,β-unsaturated/α-hetero) is 1. The molecule has 0 spiro atoms. The Labute approximate surface area is 120 Å². The van der Waals surface area contributed by atoms with Gasteiger partial charge in [0.25, 0.3) is 0 Å². The van der Waals surface area contributed by atoms with Crippen LogP contribution in [0.1, 0.15) is 29.5 Å². The van der Waals surface area contributed by atoms with Crippen molar-refractivity contribution < 1.29 is 9.18 Å². The Bertz CT molecular complexity index is 597.